The van der Waals surface area contributed by atoms with Gasteiger partial charge in [-0.15, -0.1) is 0 Å². The Bertz CT molecular complexity index is 904. The fourth-order valence-corrected chi connectivity index (χ4v) is 2.36. The van der Waals surface area contributed by atoms with E-state index in [9.17, 15) is 20.2 Å². The van der Waals surface area contributed by atoms with Gasteiger partial charge in [0.2, 0.25) is 0 Å². The second-order valence-electron chi connectivity index (χ2n) is 5.65. The number of nitrogens with zero attached hydrogens (tertiary/aromatic N) is 3. The van der Waals surface area contributed by atoms with E-state index in [0.29, 0.717) is 6.54 Å². The van der Waals surface area contributed by atoms with Crippen molar-refractivity contribution in [1.29, 1.82) is 5.26 Å². The van der Waals surface area contributed by atoms with Crippen molar-refractivity contribution in [3.63, 3.8) is 0 Å². The summed E-state index contributed by atoms with van der Waals surface area (Å²) in [6.07, 6.45) is 1.44. The third kappa shape index (κ3) is 5.31. The van der Waals surface area contributed by atoms with Gasteiger partial charge in [-0.2, -0.15) is 5.26 Å². The molecule has 2 rings (SSSR count). The molecule has 1 N–H and O–H groups in total. The van der Waals surface area contributed by atoms with E-state index in [1.165, 1.54) is 31.5 Å². The summed E-state index contributed by atoms with van der Waals surface area (Å²) in [6, 6.07) is 15.3. The number of hydrogen-bond donors (Lipinski definition) is 1. The summed E-state index contributed by atoms with van der Waals surface area (Å²) < 4.78 is 5.08. The molecule has 138 valence electrons. The van der Waals surface area contributed by atoms with E-state index in [1.807, 2.05) is 36.4 Å². The van der Waals surface area contributed by atoms with E-state index in [4.69, 9.17) is 4.74 Å². The Kier molecular flexibility index (Phi) is 6.49. The van der Waals surface area contributed by atoms with Crippen LogP contribution in [-0.4, -0.2) is 29.9 Å². The van der Waals surface area contributed by atoms with Crippen LogP contribution >= 0.6 is 0 Å². The second-order valence-corrected chi connectivity index (χ2v) is 5.65. The van der Waals surface area contributed by atoms with Gasteiger partial charge in [-0.3, -0.25) is 14.9 Å². The molecular formula is C19H18N4O4. The third-order valence-electron chi connectivity index (χ3n) is 3.63. The fourth-order valence-electron chi connectivity index (χ4n) is 2.36. The van der Waals surface area contributed by atoms with Crippen LogP contribution in [-0.2, 0) is 11.3 Å². The van der Waals surface area contributed by atoms with Gasteiger partial charge >= 0.3 is 0 Å². The van der Waals surface area contributed by atoms with Crippen LogP contribution in [0.1, 0.15) is 5.56 Å². The maximum absolute atomic E-state index is 12.4. The van der Waals surface area contributed by atoms with Crippen LogP contribution in [0, 0.1) is 21.4 Å². The van der Waals surface area contributed by atoms with Crippen molar-refractivity contribution in [2.24, 2.45) is 0 Å². The van der Waals surface area contributed by atoms with Crippen LogP contribution in [0.2, 0.25) is 0 Å². The number of nitriles is 1. The Morgan fingerprint density at radius 1 is 1.33 bits per heavy atom. The van der Waals surface area contributed by atoms with E-state index >= 15 is 0 Å². The fraction of sp³-hybridized carbons (Fsp3) is 0.158. The van der Waals surface area contributed by atoms with Crippen LogP contribution < -0.4 is 10.1 Å². The standard InChI is InChI=1S/C19H18N4O4/c1-22(12-14-6-4-3-5-7-14)13-15(11-20)19(24)21-17-9-8-16(23(25)26)10-18(17)27-2/h3-10,13H,12H2,1-2H3,(H,21,24)/b15-13-. The molecule has 8 heteroatoms. The highest BCUT2D eigenvalue weighted by Crippen LogP contribution is 2.29. The van der Waals surface area contributed by atoms with Gasteiger partial charge in [0.15, 0.2) is 0 Å². The first-order valence-electron chi connectivity index (χ1n) is 7.94. The monoisotopic (exact) mass is 366 g/mol. The first-order chi connectivity index (χ1) is 12.9. The van der Waals surface area contributed by atoms with E-state index in [-0.39, 0.29) is 22.7 Å². The number of hydrogen-bond acceptors (Lipinski definition) is 6. The number of nitro benzene ring substituents is 1. The average Bonchev–Trinajstić information content (AvgIpc) is 2.66. The lowest BCUT2D eigenvalue weighted by Gasteiger charge is -2.15. The van der Waals surface area contributed by atoms with Gasteiger partial charge in [-0.25, -0.2) is 0 Å². The van der Waals surface area contributed by atoms with E-state index in [0.717, 1.165) is 5.56 Å². The molecule has 0 heterocycles. The van der Waals surface area contributed by atoms with E-state index < -0.39 is 10.8 Å². The third-order valence-corrected chi connectivity index (χ3v) is 3.63. The van der Waals surface area contributed by atoms with Crippen molar-refractivity contribution in [3.05, 3.63) is 76.0 Å². The molecular weight excluding hydrogens is 348 g/mol. The zero-order valence-electron chi connectivity index (χ0n) is 14.9. The van der Waals surface area contributed by atoms with E-state index in [1.54, 1.807) is 11.9 Å². The summed E-state index contributed by atoms with van der Waals surface area (Å²) in [5, 5.41) is 22.7. The largest absolute Gasteiger partial charge is 0.494 e. The van der Waals surface area contributed by atoms with Gasteiger partial charge in [0.05, 0.1) is 23.8 Å². The molecule has 1 amide bonds. The van der Waals surface area contributed by atoms with Gasteiger partial charge in [0.25, 0.3) is 11.6 Å². The van der Waals surface area contributed by atoms with Gasteiger partial charge in [-0.05, 0) is 11.6 Å². The number of carbonyl (C=O) groups is 1. The lowest BCUT2D eigenvalue weighted by atomic mass is 10.2. The Morgan fingerprint density at radius 2 is 2.04 bits per heavy atom. The summed E-state index contributed by atoms with van der Waals surface area (Å²) in [5.41, 5.74) is 1.00. The summed E-state index contributed by atoms with van der Waals surface area (Å²) in [4.78, 5) is 24.4. The van der Waals surface area contributed by atoms with Crippen molar-refractivity contribution in [2.45, 2.75) is 6.54 Å². The molecule has 0 aliphatic rings. The number of methoxy groups -OCH3 is 1. The Hall–Kier alpha value is -3.86. The van der Waals surface area contributed by atoms with Crippen LogP contribution in [0.3, 0.4) is 0 Å². The first-order valence-corrected chi connectivity index (χ1v) is 7.94. The number of anilines is 1. The van der Waals surface area contributed by atoms with Crippen LogP contribution in [0.4, 0.5) is 11.4 Å². The molecule has 0 atom stereocenters. The minimum atomic E-state index is -0.635. The zero-order valence-corrected chi connectivity index (χ0v) is 14.9. The molecule has 0 bridgehead atoms. The highest BCUT2D eigenvalue weighted by atomic mass is 16.6. The molecule has 27 heavy (non-hydrogen) atoms. The lowest BCUT2D eigenvalue weighted by Crippen LogP contribution is -2.18. The van der Waals surface area contributed by atoms with Crippen molar-refractivity contribution in [3.8, 4) is 11.8 Å². The second kappa shape index (κ2) is 9.01. The number of benzene rings is 2. The van der Waals surface area contributed by atoms with E-state index in [2.05, 4.69) is 5.32 Å². The van der Waals surface area contributed by atoms with Gasteiger partial charge in [0.1, 0.15) is 17.4 Å². The normalized spacial score (nSPS) is 10.6. The van der Waals surface area contributed by atoms with Crippen molar-refractivity contribution >= 4 is 17.3 Å². The topological polar surface area (TPSA) is 108 Å². The Balaban J connectivity index is 2.15. The number of nitrogens with one attached hydrogen (secondary N) is 1. The van der Waals surface area contributed by atoms with Gasteiger partial charge in [0, 0.05) is 25.9 Å². The summed E-state index contributed by atoms with van der Waals surface area (Å²) in [5.74, 6) is -0.503. The highest BCUT2D eigenvalue weighted by molar-refractivity contribution is 6.07. The number of rotatable bonds is 7. The van der Waals surface area contributed by atoms with Crippen molar-refractivity contribution in [2.75, 3.05) is 19.5 Å². The molecule has 2 aromatic rings. The van der Waals surface area contributed by atoms with Crippen LogP contribution in [0.15, 0.2) is 60.3 Å². The van der Waals surface area contributed by atoms with Crippen LogP contribution in [0.25, 0.3) is 0 Å². The molecule has 0 aliphatic carbocycles. The molecule has 0 saturated heterocycles. The highest BCUT2D eigenvalue weighted by Gasteiger charge is 2.16. The Morgan fingerprint density at radius 3 is 2.63 bits per heavy atom. The molecule has 0 aliphatic heterocycles. The first kappa shape index (κ1) is 19.5. The average molecular weight is 366 g/mol. The molecule has 2 aromatic carbocycles. The molecule has 0 aromatic heterocycles. The maximum atomic E-state index is 12.4. The maximum Gasteiger partial charge on any atom is 0.273 e. The molecule has 0 radical (unpaired) electrons. The number of ether oxygens (including phenoxy) is 1. The number of carbonyl (C=O) groups excluding carboxylic acids is 1. The molecule has 0 unspecified atom stereocenters. The van der Waals surface area contributed by atoms with Gasteiger partial charge in [-0.1, -0.05) is 30.3 Å². The number of non-ortho nitro benzene ring substituents is 1. The molecule has 8 nitrogen and oxygen atoms in total. The quantitative estimate of drug-likeness (QED) is 0.349. The molecule has 0 saturated carbocycles. The zero-order chi connectivity index (χ0) is 19.8. The predicted octanol–water partition coefficient (Wildman–Crippen LogP) is 3.08. The minimum Gasteiger partial charge on any atom is -0.494 e. The van der Waals surface area contributed by atoms with Crippen molar-refractivity contribution in [1.82, 2.24) is 4.90 Å². The number of nitro groups is 1. The summed E-state index contributed by atoms with van der Waals surface area (Å²) >= 11 is 0. The smallest absolute Gasteiger partial charge is 0.273 e. The minimum absolute atomic E-state index is 0.103. The predicted molar refractivity (Wildman–Crippen MR) is 99.9 cm³/mol. The number of amides is 1. The molecule has 0 fully saturated rings. The van der Waals surface area contributed by atoms with Crippen molar-refractivity contribution < 1.29 is 14.5 Å². The summed E-state index contributed by atoms with van der Waals surface area (Å²) in [6.45, 7) is 0.528. The molecule has 0 spiro atoms. The van der Waals surface area contributed by atoms with Gasteiger partial charge < -0.3 is 15.0 Å². The lowest BCUT2D eigenvalue weighted by molar-refractivity contribution is -0.384. The van der Waals surface area contributed by atoms with Crippen LogP contribution in [0.5, 0.6) is 5.75 Å². The SMILES string of the molecule is COc1cc([N+](=O)[O-])ccc1NC(=O)/C(C#N)=C\N(C)Cc1ccccc1. The Labute approximate surface area is 156 Å². The summed E-state index contributed by atoms with van der Waals surface area (Å²) in [7, 11) is 3.09.